The van der Waals surface area contributed by atoms with E-state index in [1.807, 2.05) is 6.07 Å². The SMILES string of the molecule is N#Cc1cncnc1Nc1ccc(F)c(Cl)c1. The minimum Gasteiger partial charge on any atom is -0.339 e. The van der Waals surface area contributed by atoms with Crippen LogP contribution in [-0.2, 0) is 0 Å². The van der Waals surface area contributed by atoms with Gasteiger partial charge in [-0.3, -0.25) is 0 Å². The Hall–Kier alpha value is -2.19. The van der Waals surface area contributed by atoms with Crippen LogP contribution in [-0.4, -0.2) is 9.97 Å². The third-order valence-corrected chi connectivity index (χ3v) is 2.30. The monoisotopic (exact) mass is 248 g/mol. The summed E-state index contributed by atoms with van der Waals surface area (Å²) >= 11 is 5.64. The summed E-state index contributed by atoms with van der Waals surface area (Å²) in [7, 11) is 0. The second-order valence-electron chi connectivity index (χ2n) is 3.15. The molecule has 1 N–H and O–H groups in total. The molecule has 1 aromatic carbocycles. The highest BCUT2D eigenvalue weighted by Crippen LogP contribution is 2.22. The maximum atomic E-state index is 12.9. The third kappa shape index (κ3) is 2.49. The quantitative estimate of drug-likeness (QED) is 0.888. The van der Waals surface area contributed by atoms with Crippen molar-refractivity contribution in [2.75, 3.05) is 5.32 Å². The molecule has 0 amide bonds. The normalized spacial score (nSPS) is 9.71. The summed E-state index contributed by atoms with van der Waals surface area (Å²) in [6.07, 6.45) is 2.70. The first kappa shape index (κ1) is 11.3. The summed E-state index contributed by atoms with van der Waals surface area (Å²) in [5.41, 5.74) is 0.847. The lowest BCUT2D eigenvalue weighted by Gasteiger charge is -2.06. The zero-order valence-corrected chi connectivity index (χ0v) is 9.24. The van der Waals surface area contributed by atoms with E-state index >= 15 is 0 Å². The Bertz CT molecular complexity index is 594. The molecule has 0 atom stereocenters. The topological polar surface area (TPSA) is 61.6 Å². The number of hydrogen-bond acceptors (Lipinski definition) is 4. The maximum absolute atomic E-state index is 12.9. The van der Waals surface area contributed by atoms with Crippen LogP contribution in [0.25, 0.3) is 0 Å². The Morgan fingerprint density at radius 1 is 1.41 bits per heavy atom. The molecule has 0 aliphatic rings. The van der Waals surface area contributed by atoms with Crippen LogP contribution in [0.4, 0.5) is 15.9 Å². The van der Waals surface area contributed by atoms with Crippen molar-refractivity contribution in [3.8, 4) is 6.07 Å². The number of benzene rings is 1. The predicted octanol–water partition coefficient (Wildman–Crippen LogP) is 2.88. The molecule has 0 unspecified atom stereocenters. The highest BCUT2D eigenvalue weighted by molar-refractivity contribution is 6.31. The van der Waals surface area contributed by atoms with E-state index < -0.39 is 5.82 Å². The Balaban J connectivity index is 2.32. The van der Waals surface area contributed by atoms with Gasteiger partial charge < -0.3 is 5.32 Å². The molecule has 4 nitrogen and oxygen atoms in total. The van der Waals surface area contributed by atoms with Crippen LogP contribution >= 0.6 is 11.6 Å². The average molecular weight is 249 g/mol. The molecule has 0 radical (unpaired) electrons. The third-order valence-electron chi connectivity index (χ3n) is 2.02. The molecule has 0 saturated carbocycles. The van der Waals surface area contributed by atoms with Gasteiger partial charge in [-0.15, -0.1) is 0 Å². The van der Waals surface area contributed by atoms with Gasteiger partial charge in [0.25, 0.3) is 0 Å². The van der Waals surface area contributed by atoms with Crippen LogP contribution in [0.5, 0.6) is 0 Å². The molecule has 84 valence electrons. The standard InChI is InChI=1S/C11H6ClFN4/c12-9-3-8(1-2-10(9)13)17-11-7(4-14)5-15-6-16-11/h1-3,5-6H,(H,15,16,17). The van der Waals surface area contributed by atoms with E-state index in [1.165, 1.54) is 30.7 Å². The lowest BCUT2D eigenvalue weighted by atomic mass is 10.3. The second kappa shape index (κ2) is 4.76. The summed E-state index contributed by atoms with van der Waals surface area (Å²) in [5, 5.41) is 11.7. The van der Waals surface area contributed by atoms with Gasteiger partial charge in [-0.2, -0.15) is 5.26 Å². The maximum Gasteiger partial charge on any atom is 0.151 e. The van der Waals surface area contributed by atoms with Crippen molar-refractivity contribution < 1.29 is 4.39 Å². The molecular weight excluding hydrogens is 243 g/mol. The first-order valence-electron chi connectivity index (χ1n) is 4.63. The largest absolute Gasteiger partial charge is 0.339 e. The Labute approximate surface area is 102 Å². The lowest BCUT2D eigenvalue weighted by molar-refractivity contribution is 0.628. The van der Waals surface area contributed by atoms with Gasteiger partial charge >= 0.3 is 0 Å². The van der Waals surface area contributed by atoms with Gasteiger partial charge in [0.2, 0.25) is 0 Å². The van der Waals surface area contributed by atoms with Crippen molar-refractivity contribution >= 4 is 23.1 Å². The first-order chi connectivity index (χ1) is 8.20. The molecule has 1 heterocycles. The minimum atomic E-state index is -0.500. The lowest BCUT2D eigenvalue weighted by Crippen LogP contribution is -1.97. The number of halogens is 2. The molecule has 17 heavy (non-hydrogen) atoms. The van der Waals surface area contributed by atoms with Gasteiger partial charge in [-0.05, 0) is 18.2 Å². The van der Waals surface area contributed by atoms with Gasteiger partial charge in [0.05, 0.1) is 11.2 Å². The summed E-state index contributed by atoms with van der Waals surface area (Å²) in [5.74, 6) is -0.148. The van der Waals surface area contributed by atoms with Crippen LogP contribution < -0.4 is 5.32 Å². The number of nitrogens with zero attached hydrogens (tertiary/aromatic N) is 3. The number of anilines is 2. The molecule has 6 heteroatoms. The number of aromatic nitrogens is 2. The van der Waals surface area contributed by atoms with Crippen LogP contribution in [0.2, 0.25) is 5.02 Å². The molecular formula is C11H6ClFN4. The van der Waals surface area contributed by atoms with E-state index in [9.17, 15) is 4.39 Å². The fourth-order valence-corrected chi connectivity index (χ4v) is 1.40. The van der Waals surface area contributed by atoms with Crippen LogP contribution in [0.15, 0.2) is 30.7 Å². The van der Waals surface area contributed by atoms with E-state index in [0.29, 0.717) is 17.1 Å². The fourth-order valence-electron chi connectivity index (χ4n) is 1.22. The van der Waals surface area contributed by atoms with E-state index in [0.717, 1.165) is 0 Å². The van der Waals surface area contributed by atoms with E-state index in [2.05, 4.69) is 15.3 Å². The van der Waals surface area contributed by atoms with E-state index in [4.69, 9.17) is 16.9 Å². The molecule has 0 aliphatic carbocycles. The van der Waals surface area contributed by atoms with Crippen molar-refractivity contribution in [1.29, 1.82) is 5.26 Å². The molecule has 0 aliphatic heterocycles. The first-order valence-corrected chi connectivity index (χ1v) is 5.00. The summed E-state index contributed by atoms with van der Waals surface area (Å²) in [4.78, 5) is 7.65. The number of rotatable bonds is 2. The van der Waals surface area contributed by atoms with Crippen molar-refractivity contribution in [1.82, 2.24) is 9.97 Å². The van der Waals surface area contributed by atoms with Gasteiger partial charge in [0, 0.05) is 5.69 Å². The number of nitriles is 1. The van der Waals surface area contributed by atoms with E-state index in [1.54, 1.807) is 0 Å². The van der Waals surface area contributed by atoms with Gasteiger partial charge in [0.15, 0.2) is 5.82 Å². The van der Waals surface area contributed by atoms with Crippen molar-refractivity contribution in [2.45, 2.75) is 0 Å². The highest BCUT2D eigenvalue weighted by atomic mass is 35.5. The minimum absolute atomic E-state index is 0.00237. The molecule has 0 bridgehead atoms. The molecule has 0 spiro atoms. The average Bonchev–Trinajstić information content (AvgIpc) is 2.34. The van der Waals surface area contributed by atoms with Crippen molar-refractivity contribution in [3.05, 3.63) is 47.1 Å². The van der Waals surface area contributed by atoms with Crippen LogP contribution in [0.1, 0.15) is 5.56 Å². The van der Waals surface area contributed by atoms with Crippen molar-refractivity contribution in [3.63, 3.8) is 0 Å². The zero-order valence-electron chi connectivity index (χ0n) is 8.48. The highest BCUT2D eigenvalue weighted by Gasteiger charge is 2.05. The van der Waals surface area contributed by atoms with Gasteiger partial charge in [-0.25, -0.2) is 14.4 Å². The second-order valence-corrected chi connectivity index (χ2v) is 3.56. The van der Waals surface area contributed by atoms with Gasteiger partial charge in [0.1, 0.15) is 23.8 Å². The predicted molar refractivity (Wildman–Crippen MR) is 61.4 cm³/mol. The fraction of sp³-hybridized carbons (Fsp3) is 0. The number of nitrogens with one attached hydrogen (secondary N) is 1. The summed E-state index contributed by atoms with van der Waals surface area (Å²) < 4.78 is 12.9. The van der Waals surface area contributed by atoms with E-state index in [-0.39, 0.29) is 5.02 Å². The van der Waals surface area contributed by atoms with Gasteiger partial charge in [-0.1, -0.05) is 11.6 Å². The molecule has 0 fully saturated rings. The Kier molecular flexibility index (Phi) is 3.17. The summed E-state index contributed by atoms with van der Waals surface area (Å²) in [6, 6.07) is 6.10. The Morgan fingerprint density at radius 2 is 2.24 bits per heavy atom. The summed E-state index contributed by atoms with van der Waals surface area (Å²) in [6.45, 7) is 0. The zero-order chi connectivity index (χ0) is 12.3. The molecule has 0 saturated heterocycles. The molecule has 1 aromatic heterocycles. The molecule has 2 aromatic rings. The smallest absolute Gasteiger partial charge is 0.151 e. The Morgan fingerprint density at radius 3 is 2.94 bits per heavy atom. The van der Waals surface area contributed by atoms with Crippen LogP contribution in [0, 0.1) is 17.1 Å². The molecule has 2 rings (SSSR count). The van der Waals surface area contributed by atoms with Crippen molar-refractivity contribution in [2.24, 2.45) is 0 Å². The van der Waals surface area contributed by atoms with Crippen LogP contribution in [0.3, 0.4) is 0 Å². The number of hydrogen-bond donors (Lipinski definition) is 1.